The summed E-state index contributed by atoms with van der Waals surface area (Å²) in [5.74, 6) is 0. The molecule has 1 heterocycles. The van der Waals surface area contributed by atoms with Crippen molar-refractivity contribution in [3.05, 3.63) is 94.7 Å². The minimum absolute atomic E-state index is 0.0185. The second-order valence-corrected chi connectivity index (χ2v) is 10.0. The quantitative estimate of drug-likeness (QED) is 0.335. The lowest BCUT2D eigenvalue weighted by atomic mass is 9.83. The van der Waals surface area contributed by atoms with Crippen molar-refractivity contribution in [2.45, 2.75) is 53.9 Å². The zero-order valence-corrected chi connectivity index (χ0v) is 20.2. The van der Waals surface area contributed by atoms with Gasteiger partial charge in [0.15, 0.2) is 0 Å². The Labute approximate surface area is 192 Å². The number of nitrogens with zero attached hydrogens (tertiary/aromatic N) is 2. The van der Waals surface area contributed by atoms with Gasteiger partial charge in [-0.05, 0) is 62.9 Å². The average molecular weight is 421 g/mol. The molecule has 0 aliphatic rings. The van der Waals surface area contributed by atoms with E-state index in [0.29, 0.717) is 0 Å². The standard InChI is InChI=1S/C30H32N2/c1-19-12-20(2)15-23(14-19)28-29(24-16-21(3)13-22(4)17-24)32-27(18-31-28)25-10-8-9-11-26(25)30(5,6)7/h8-18H,1-7H3. The summed E-state index contributed by atoms with van der Waals surface area (Å²) in [6.07, 6.45) is 1.93. The summed E-state index contributed by atoms with van der Waals surface area (Å²) in [5.41, 5.74) is 12.4. The third kappa shape index (κ3) is 4.50. The monoisotopic (exact) mass is 420 g/mol. The van der Waals surface area contributed by atoms with Gasteiger partial charge in [-0.2, -0.15) is 0 Å². The number of hydrogen-bond donors (Lipinski definition) is 0. The Morgan fingerprint density at radius 2 is 1.12 bits per heavy atom. The molecule has 32 heavy (non-hydrogen) atoms. The molecule has 3 aromatic carbocycles. The van der Waals surface area contributed by atoms with E-state index in [1.54, 1.807) is 0 Å². The fourth-order valence-corrected chi connectivity index (χ4v) is 4.51. The van der Waals surface area contributed by atoms with Crippen LogP contribution in [0.3, 0.4) is 0 Å². The van der Waals surface area contributed by atoms with Crippen molar-refractivity contribution in [3.8, 4) is 33.8 Å². The summed E-state index contributed by atoms with van der Waals surface area (Å²) in [6, 6.07) is 21.8. The van der Waals surface area contributed by atoms with Gasteiger partial charge in [0.1, 0.15) is 0 Å². The van der Waals surface area contributed by atoms with Crippen LogP contribution < -0.4 is 0 Å². The molecule has 1 aromatic heterocycles. The van der Waals surface area contributed by atoms with Crippen molar-refractivity contribution in [2.75, 3.05) is 0 Å². The van der Waals surface area contributed by atoms with Crippen LogP contribution in [0.15, 0.2) is 66.9 Å². The molecule has 162 valence electrons. The van der Waals surface area contributed by atoms with Crippen LogP contribution >= 0.6 is 0 Å². The minimum atomic E-state index is 0.0185. The molecule has 4 aromatic rings. The highest BCUT2D eigenvalue weighted by Crippen LogP contribution is 2.36. The van der Waals surface area contributed by atoms with Gasteiger partial charge in [-0.25, -0.2) is 4.98 Å². The lowest BCUT2D eigenvalue weighted by Crippen LogP contribution is -2.13. The first-order chi connectivity index (χ1) is 15.1. The molecule has 2 nitrogen and oxygen atoms in total. The van der Waals surface area contributed by atoms with Crippen molar-refractivity contribution in [1.82, 2.24) is 9.97 Å². The van der Waals surface area contributed by atoms with Crippen LogP contribution in [0.5, 0.6) is 0 Å². The van der Waals surface area contributed by atoms with E-state index in [4.69, 9.17) is 9.97 Å². The summed E-state index contributed by atoms with van der Waals surface area (Å²) < 4.78 is 0. The fourth-order valence-electron chi connectivity index (χ4n) is 4.51. The van der Waals surface area contributed by atoms with Gasteiger partial charge in [0.25, 0.3) is 0 Å². The SMILES string of the molecule is Cc1cc(C)cc(-c2ncc(-c3ccccc3C(C)(C)C)nc2-c2cc(C)cc(C)c2)c1. The molecule has 0 saturated carbocycles. The highest BCUT2D eigenvalue weighted by atomic mass is 14.8. The summed E-state index contributed by atoms with van der Waals surface area (Å²) in [7, 11) is 0. The summed E-state index contributed by atoms with van der Waals surface area (Å²) in [4.78, 5) is 10.2. The predicted octanol–water partition coefficient (Wildman–Crippen LogP) is 8.01. The van der Waals surface area contributed by atoms with Gasteiger partial charge in [-0.1, -0.05) is 79.4 Å². The van der Waals surface area contributed by atoms with Crippen LogP contribution in [0, 0.1) is 27.7 Å². The second-order valence-electron chi connectivity index (χ2n) is 10.0. The first-order valence-electron chi connectivity index (χ1n) is 11.3. The molecule has 0 fully saturated rings. The molecule has 0 amide bonds. The molecule has 0 N–H and O–H groups in total. The minimum Gasteiger partial charge on any atom is -0.252 e. The molecular formula is C30H32N2. The largest absolute Gasteiger partial charge is 0.252 e. The van der Waals surface area contributed by atoms with Gasteiger partial charge < -0.3 is 0 Å². The Kier molecular flexibility index (Phi) is 5.73. The van der Waals surface area contributed by atoms with Crippen molar-refractivity contribution in [1.29, 1.82) is 0 Å². The van der Waals surface area contributed by atoms with E-state index in [1.807, 2.05) is 6.20 Å². The third-order valence-electron chi connectivity index (χ3n) is 5.77. The van der Waals surface area contributed by atoms with E-state index in [9.17, 15) is 0 Å². The smallest absolute Gasteiger partial charge is 0.0972 e. The first kappa shape index (κ1) is 22.0. The van der Waals surface area contributed by atoms with Gasteiger partial charge in [0, 0.05) is 16.7 Å². The molecule has 0 aliphatic heterocycles. The highest BCUT2D eigenvalue weighted by Gasteiger charge is 2.21. The maximum atomic E-state index is 5.24. The lowest BCUT2D eigenvalue weighted by molar-refractivity contribution is 0.591. The molecule has 0 aliphatic carbocycles. The first-order valence-corrected chi connectivity index (χ1v) is 11.3. The zero-order chi connectivity index (χ0) is 23.0. The summed E-state index contributed by atoms with van der Waals surface area (Å²) in [5, 5.41) is 0. The van der Waals surface area contributed by atoms with Crippen molar-refractivity contribution >= 4 is 0 Å². The number of rotatable bonds is 3. The van der Waals surface area contributed by atoms with Gasteiger partial charge in [-0.15, -0.1) is 0 Å². The molecule has 0 radical (unpaired) electrons. The van der Waals surface area contributed by atoms with E-state index >= 15 is 0 Å². The second kappa shape index (κ2) is 8.35. The Morgan fingerprint density at radius 3 is 1.66 bits per heavy atom. The van der Waals surface area contributed by atoms with Gasteiger partial charge in [-0.3, -0.25) is 4.98 Å². The van der Waals surface area contributed by atoms with Gasteiger partial charge in [0.05, 0.1) is 23.3 Å². The molecule has 0 bridgehead atoms. The van der Waals surface area contributed by atoms with E-state index in [1.165, 1.54) is 27.8 Å². The average Bonchev–Trinajstić information content (AvgIpc) is 2.71. The van der Waals surface area contributed by atoms with Gasteiger partial charge in [0.2, 0.25) is 0 Å². The number of aromatic nitrogens is 2. The topological polar surface area (TPSA) is 25.8 Å². The molecule has 0 atom stereocenters. The molecule has 4 rings (SSSR count). The highest BCUT2D eigenvalue weighted by molar-refractivity contribution is 5.81. The van der Waals surface area contributed by atoms with Crippen LogP contribution in [0.1, 0.15) is 48.6 Å². The summed E-state index contributed by atoms with van der Waals surface area (Å²) in [6.45, 7) is 15.3. The Balaban J connectivity index is 2.00. The van der Waals surface area contributed by atoms with E-state index in [0.717, 1.165) is 33.8 Å². The summed E-state index contributed by atoms with van der Waals surface area (Å²) >= 11 is 0. The van der Waals surface area contributed by atoms with Crippen LogP contribution in [0.25, 0.3) is 33.8 Å². The Bertz CT molecular complexity index is 1250. The van der Waals surface area contributed by atoms with E-state index in [-0.39, 0.29) is 5.41 Å². The van der Waals surface area contributed by atoms with Crippen molar-refractivity contribution in [3.63, 3.8) is 0 Å². The molecule has 2 heteroatoms. The fraction of sp³-hybridized carbons (Fsp3) is 0.267. The Morgan fingerprint density at radius 1 is 0.625 bits per heavy atom. The normalized spacial score (nSPS) is 11.6. The van der Waals surface area contributed by atoms with Crippen LogP contribution in [-0.4, -0.2) is 9.97 Å². The number of hydrogen-bond acceptors (Lipinski definition) is 2. The zero-order valence-electron chi connectivity index (χ0n) is 20.2. The Hall–Kier alpha value is -3.26. The van der Waals surface area contributed by atoms with Crippen LogP contribution in [0.2, 0.25) is 0 Å². The van der Waals surface area contributed by atoms with E-state index < -0.39 is 0 Å². The number of benzene rings is 3. The van der Waals surface area contributed by atoms with Gasteiger partial charge >= 0.3 is 0 Å². The van der Waals surface area contributed by atoms with Crippen LogP contribution in [-0.2, 0) is 5.41 Å². The lowest BCUT2D eigenvalue weighted by Gasteiger charge is -2.23. The third-order valence-corrected chi connectivity index (χ3v) is 5.77. The number of aryl methyl sites for hydroxylation is 4. The van der Waals surface area contributed by atoms with E-state index in [2.05, 4.69) is 109 Å². The van der Waals surface area contributed by atoms with Crippen molar-refractivity contribution in [2.24, 2.45) is 0 Å². The van der Waals surface area contributed by atoms with Crippen molar-refractivity contribution < 1.29 is 0 Å². The van der Waals surface area contributed by atoms with Crippen LogP contribution in [0.4, 0.5) is 0 Å². The molecular weight excluding hydrogens is 388 g/mol. The maximum Gasteiger partial charge on any atom is 0.0972 e. The molecule has 0 unspecified atom stereocenters. The predicted molar refractivity (Wildman–Crippen MR) is 136 cm³/mol. The molecule has 0 saturated heterocycles. The maximum absolute atomic E-state index is 5.24. The molecule has 0 spiro atoms.